The summed E-state index contributed by atoms with van der Waals surface area (Å²) in [5, 5.41) is 15.5. The van der Waals surface area contributed by atoms with Crippen LogP contribution in [0.5, 0.6) is 0 Å². The van der Waals surface area contributed by atoms with Crippen LogP contribution in [0.25, 0.3) is 0 Å². The van der Waals surface area contributed by atoms with Gasteiger partial charge in [-0.05, 0) is 13.3 Å². The molecule has 0 bridgehead atoms. The van der Waals surface area contributed by atoms with Gasteiger partial charge >= 0.3 is 0 Å². The van der Waals surface area contributed by atoms with Crippen molar-refractivity contribution in [2.24, 2.45) is 10.2 Å². The molecule has 0 aliphatic carbocycles. The number of carbonyl (C=O) groups excluding carboxylic acids is 1. The van der Waals surface area contributed by atoms with E-state index in [4.69, 9.17) is 6.42 Å². The summed E-state index contributed by atoms with van der Waals surface area (Å²) in [6.45, 7) is 2.58. The topological polar surface area (TPSA) is 84.5 Å². The molecule has 1 amide bonds. The molecule has 0 aromatic carbocycles. The standard InChI is InChI=1S/C15H20N6O/c1-3-4-8-15(19-20-15)9-7-14(22)17-12-5-6-13-16-11(2)18-21(13)10-12/h1,12H,4-10H2,2H3,(H,17,22). The van der Waals surface area contributed by atoms with E-state index in [2.05, 4.69) is 31.5 Å². The lowest BCUT2D eigenvalue weighted by Crippen LogP contribution is -2.41. The summed E-state index contributed by atoms with van der Waals surface area (Å²) >= 11 is 0. The number of fused-ring (bicyclic) bond motifs is 1. The second kappa shape index (κ2) is 5.87. The Labute approximate surface area is 129 Å². The fraction of sp³-hybridized carbons (Fsp3) is 0.667. The van der Waals surface area contributed by atoms with E-state index in [0.717, 1.165) is 30.9 Å². The molecule has 1 N–H and O–H groups in total. The van der Waals surface area contributed by atoms with Crippen molar-refractivity contribution in [3.8, 4) is 12.3 Å². The molecule has 7 heteroatoms. The van der Waals surface area contributed by atoms with Gasteiger partial charge in [0.1, 0.15) is 11.6 Å². The molecule has 0 saturated carbocycles. The summed E-state index contributed by atoms with van der Waals surface area (Å²) in [6.07, 6.45) is 9.46. The third-order valence-electron chi connectivity index (χ3n) is 4.13. The van der Waals surface area contributed by atoms with Crippen LogP contribution in [0.15, 0.2) is 10.2 Å². The summed E-state index contributed by atoms with van der Waals surface area (Å²) in [5.41, 5.74) is -0.382. The SMILES string of the molecule is C#CCCC1(CCC(=O)NC2CCc3nc(C)nn3C2)N=N1. The Morgan fingerprint density at radius 2 is 2.32 bits per heavy atom. The van der Waals surface area contributed by atoms with E-state index in [-0.39, 0.29) is 17.6 Å². The summed E-state index contributed by atoms with van der Waals surface area (Å²) in [7, 11) is 0. The minimum Gasteiger partial charge on any atom is -0.351 e. The number of nitrogens with zero attached hydrogens (tertiary/aromatic N) is 5. The van der Waals surface area contributed by atoms with Gasteiger partial charge < -0.3 is 5.32 Å². The van der Waals surface area contributed by atoms with Gasteiger partial charge in [0.05, 0.1) is 6.54 Å². The first-order chi connectivity index (χ1) is 10.6. The van der Waals surface area contributed by atoms with Crippen molar-refractivity contribution >= 4 is 5.91 Å². The first kappa shape index (κ1) is 14.7. The van der Waals surface area contributed by atoms with Crippen LogP contribution in [0.3, 0.4) is 0 Å². The summed E-state index contributed by atoms with van der Waals surface area (Å²) < 4.78 is 1.89. The lowest BCUT2D eigenvalue weighted by molar-refractivity contribution is -0.122. The number of rotatable bonds is 6. The fourth-order valence-corrected chi connectivity index (χ4v) is 2.83. The van der Waals surface area contributed by atoms with Gasteiger partial charge in [0.25, 0.3) is 0 Å². The lowest BCUT2D eigenvalue weighted by atomic mass is 10.0. The molecule has 22 heavy (non-hydrogen) atoms. The predicted molar refractivity (Wildman–Crippen MR) is 79.9 cm³/mol. The molecule has 0 fully saturated rings. The molecule has 0 spiro atoms. The predicted octanol–water partition coefficient (Wildman–Crippen LogP) is 1.37. The second-order valence-corrected chi connectivity index (χ2v) is 5.95. The van der Waals surface area contributed by atoms with E-state index in [9.17, 15) is 4.79 Å². The Balaban J connectivity index is 1.44. The number of hydrogen-bond donors (Lipinski definition) is 1. The van der Waals surface area contributed by atoms with Crippen molar-refractivity contribution in [1.82, 2.24) is 20.1 Å². The van der Waals surface area contributed by atoms with Crippen molar-refractivity contribution < 1.29 is 4.79 Å². The minimum absolute atomic E-state index is 0.0441. The maximum absolute atomic E-state index is 12.1. The summed E-state index contributed by atoms with van der Waals surface area (Å²) in [4.78, 5) is 16.5. The molecule has 3 heterocycles. The van der Waals surface area contributed by atoms with Crippen molar-refractivity contribution in [3.63, 3.8) is 0 Å². The molecule has 3 rings (SSSR count). The van der Waals surface area contributed by atoms with Crippen molar-refractivity contribution in [2.45, 2.75) is 63.7 Å². The first-order valence-corrected chi connectivity index (χ1v) is 7.67. The van der Waals surface area contributed by atoms with Crippen LogP contribution in [0.2, 0.25) is 0 Å². The van der Waals surface area contributed by atoms with Crippen LogP contribution in [0, 0.1) is 19.3 Å². The van der Waals surface area contributed by atoms with Crippen LogP contribution in [0.1, 0.15) is 43.8 Å². The number of nitrogens with one attached hydrogen (secondary N) is 1. The maximum Gasteiger partial charge on any atom is 0.220 e. The summed E-state index contributed by atoms with van der Waals surface area (Å²) in [5.74, 6) is 4.43. The molecule has 1 atom stereocenters. The maximum atomic E-state index is 12.1. The van der Waals surface area contributed by atoms with Gasteiger partial charge in [-0.2, -0.15) is 15.3 Å². The van der Waals surface area contributed by atoms with Gasteiger partial charge in [0.2, 0.25) is 5.91 Å². The van der Waals surface area contributed by atoms with E-state index in [1.165, 1.54) is 0 Å². The van der Waals surface area contributed by atoms with Crippen LogP contribution >= 0.6 is 0 Å². The third-order valence-corrected chi connectivity index (χ3v) is 4.13. The van der Waals surface area contributed by atoms with Crippen LogP contribution in [0.4, 0.5) is 0 Å². The van der Waals surface area contributed by atoms with E-state index < -0.39 is 0 Å². The molecule has 1 unspecified atom stereocenters. The van der Waals surface area contributed by atoms with Crippen molar-refractivity contribution in [1.29, 1.82) is 0 Å². The first-order valence-electron chi connectivity index (χ1n) is 7.67. The minimum atomic E-state index is -0.382. The number of aryl methyl sites for hydroxylation is 2. The number of carbonyl (C=O) groups is 1. The largest absolute Gasteiger partial charge is 0.351 e. The van der Waals surface area contributed by atoms with Gasteiger partial charge in [-0.1, -0.05) is 0 Å². The third kappa shape index (κ3) is 3.32. The van der Waals surface area contributed by atoms with Crippen LogP contribution < -0.4 is 5.32 Å². The number of terminal acetylenes is 1. The molecular weight excluding hydrogens is 280 g/mol. The van der Waals surface area contributed by atoms with Gasteiger partial charge in [0.15, 0.2) is 5.66 Å². The Morgan fingerprint density at radius 3 is 3.05 bits per heavy atom. The number of hydrogen-bond acceptors (Lipinski definition) is 5. The van der Waals surface area contributed by atoms with E-state index in [0.29, 0.717) is 25.8 Å². The highest BCUT2D eigenvalue weighted by molar-refractivity contribution is 5.76. The average Bonchev–Trinajstić information content (AvgIpc) is 3.17. The zero-order valence-corrected chi connectivity index (χ0v) is 12.7. The Morgan fingerprint density at radius 1 is 1.50 bits per heavy atom. The van der Waals surface area contributed by atoms with Gasteiger partial charge in [-0.25, -0.2) is 9.67 Å². The Kier molecular flexibility index (Phi) is 3.92. The average molecular weight is 300 g/mol. The zero-order chi connectivity index (χ0) is 15.6. The normalized spacial score (nSPS) is 21.0. The smallest absolute Gasteiger partial charge is 0.220 e. The monoisotopic (exact) mass is 300 g/mol. The number of aromatic nitrogens is 3. The van der Waals surface area contributed by atoms with Gasteiger partial charge in [0, 0.05) is 38.1 Å². The molecule has 2 aliphatic rings. The van der Waals surface area contributed by atoms with Crippen molar-refractivity contribution in [3.05, 3.63) is 11.6 Å². The molecule has 1 aromatic heterocycles. The van der Waals surface area contributed by atoms with E-state index in [1.54, 1.807) is 0 Å². The summed E-state index contributed by atoms with van der Waals surface area (Å²) in [6, 6.07) is 0.121. The fourth-order valence-electron chi connectivity index (χ4n) is 2.83. The van der Waals surface area contributed by atoms with E-state index >= 15 is 0 Å². The lowest BCUT2D eigenvalue weighted by Gasteiger charge is -2.23. The molecular formula is C15H20N6O. The molecule has 7 nitrogen and oxygen atoms in total. The Hall–Kier alpha value is -2.23. The van der Waals surface area contributed by atoms with Crippen molar-refractivity contribution in [2.75, 3.05) is 0 Å². The molecule has 0 radical (unpaired) electrons. The highest BCUT2D eigenvalue weighted by Gasteiger charge is 2.39. The highest BCUT2D eigenvalue weighted by atomic mass is 16.1. The van der Waals surface area contributed by atoms with Gasteiger partial charge in [-0.15, -0.1) is 12.3 Å². The highest BCUT2D eigenvalue weighted by Crippen LogP contribution is 2.37. The number of amides is 1. The molecule has 116 valence electrons. The second-order valence-electron chi connectivity index (χ2n) is 5.95. The van der Waals surface area contributed by atoms with Gasteiger partial charge in [-0.3, -0.25) is 4.79 Å². The molecule has 2 aliphatic heterocycles. The molecule has 1 aromatic rings. The quantitative estimate of drug-likeness (QED) is 0.805. The van der Waals surface area contributed by atoms with Crippen LogP contribution in [-0.4, -0.2) is 32.4 Å². The zero-order valence-electron chi connectivity index (χ0n) is 12.7. The Bertz CT molecular complexity index is 635. The van der Waals surface area contributed by atoms with E-state index in [1.807, 2.05) is 11.6 Å². The van der Waals surface area contributed by atoms with Crippen LogP contribution in [-0.2, 0) is 17.8 Å². The molecule has 0 saturated heterocycles.